The van der Waals surface area contributed by atoms with Crippen LogP contribution in [0.1, 0.15) is 0 Å². The molecule has 1 aromatic carbocycles. The Balaban J connectivity index is 1.78. The molecule has 8 heteroatoms. The zero-order chi connectivity index (χ0) is 17.4. The molecule has 0 radical (unpaired) electrons. The largest absolute Gasteiger partial charge is 0.484 e. The molecule has 128 valence electrons. The first-order valence-corrected chi connectivity index (χ1v) is 7.48. The molecule has 1 heterocycles. The second kappa shape index (κ2) is 8.56. The summed E-state index contributed by atoms with van der Waals surface area (Å²) < 4.78 is 7.28. The van der Waals surface area contributed by atoms with Gasteiger partial charge in [0.15, 0.2) is 6.61 Å². The number of amides is 3. The average molecular weight is 331 g/mol. The molecule has 0 saturated heterocycles. The van der Waals surface area contributed by atoms with E-state index in [2.05, 4.69) is 15.6 Å². The lowest BCUT2D eigenvalue weighted by atomic mass is 10.3. The Morgan fingerprint density at radius 2 is 2.17 bits per heavy atom. The second-order valence-electron chi connectivity index (χ2n) is 5.29. The molecule has 2 rings (SSSR count). The number of likely N-dealkylation sites (N-methyl/N-ethyl adjacent to an activating group) is 1. The fourth-order valence-corrected chi connectivity index (χ4v) is 1.83. The van der Waals surface area contributed by atoms with Crippen molar-refractivity contribution in [3.8, 4) is 5.75 Å². The minimum atomic E-state index is -0.309. The van der Waals surface area contributed by atoms with Crippen LogP contribution in [0.5, 0.6) is 5.75 Å². The number of nitrogens with zero attached hydrogens (tertiary/aromatic N) is 3. The maximum atomic E-state index is 11.9. The Labute approximate surface area is 140 Å². The van der Waals surface area contributed by atoms with E-state index in [-0.39, 0.29) is 18.5 Å². The normalized spacial score (nSPS) is 10.1. The van der Waals surface area contributed by atoms with Gasteiger partial charge in [0.25, 0.3) is 5.91 Å². The standard InChI is InChI=1S/C16H21N5O3/c1-20(2)15(22)11-24-14-5-3-4-13(10-14)19-16(23)18-7-9-21-8-6-17-12-21/h3-6,8,10,12H,7,9,11H2,1-2H3,(H2,18,19,23). The number of imidazole rings is 1. The van der Waals surface area contributed by atoms with Gasteiger partial charge in [0.1, 0.15) is 5.75 Å². The maximum absolute atomic E-state index is 11.9. The maximum Gasteiger partial charge on any atom is 0.319 e. The van der Waals surface area contributed by atoms with Gasteiger partial charge in [0.2, 0.25) is 0 Å². The topological polar surface area (TPSA) is 88.5 Å². The van der Waals surface area contributed by atoms with E-state index in [0.717, 1.165) is 0 Å². The van der Waals surface area contributed by atoms with Crippen LogP contribution in [-0.2, 0) is 11.3 Å². The summed E-state index contributed by atoms with van der Waals surface area (Å²) in [5.74, 6) is 0.382. The number of rotatable bonds is 7. The van der Waals surface area contributed by atoms with Gasteiger partial charge in [-0.05, 0) is 12.1 Å². The fourth-order valence-electron chi connectivity index (χ4n) is 1.83. The summed E-state index contributed by atoms with van der Waals surface area (Å²) in [6.45, 7) is 1.08. The van der Waals surface area contributed by atoms with Crippen LogP contribution in [-0.4, -0.2) is 53.6 Å². The van der Waals surface area contributed by atoms with Gasteiger partial charge in [-0.2, -0.15) is 0 Å². The van der Waals surface area contributed by atoms with Crippen LogP contribution in [0.3, 0.4) is 0 Å². The molecule has 0 bridgehead atoms. The van der Waals surface area contributed by atoms with Gasteiger partial charge in [0.05, 0.1) is 6.33 Å². The molecule has 0 spiro atoms. The zero-order valence-electron chi connectivity index (χ0n) is 13.7. The minimum absolute atomic E-state index is 0.0481. The van der Waals surface area contributed by atoms with Crippen LogP contribution in [0, 0.1) is 0 Å². The number of carbonyl (C=O) groups excluding carboxylic acids is 2. The van der Waals surface area contributed by atoms with Crippen LogP contribution in [0.25, 0.3) is 0 Å². The molecule has 0 fully saturated rings. The number of hydrogen-bond donors (Lipinski definition) is 2. The quantitative estimate of drug-likeness (QED) is 0.797. The lowest BCUT2D eigenvalue weighted by Gasteiger charge is -2.12. The Kier molecular flexibility index (Phi) is 6.18. The van der Waals surface area contributed by atoms with E-state index in [9.17, 15) is 9.59 Å². The summed E-state index contributed by atoms with van der Waals surface area (Å²) in [5.41, 5.74) is 0.588. The van der Waals surface area contributed by atoms with Gasteiger partial charge in [-0.1, -0.05) is 6.07 Å². The molecule has 2 N–H and O–H groups in total. The third kappa shape index (κ3) is 5.64. The third-order valence-corrected chi connectivity index (χ3v) is 3.17. The first kappa shape index (κ1) is 17.3. The van der Waals surface area contributed by atoms with Crippen molar-refractivity contribution < 1.29 is 14.3 Å². The summed E-state index contributed by atoms with van der Waals surface area (Å²) in [5, 5.41) is 5.48. The molecule has 0 aliphatic heterocycles. The lowest BCUT2D eigenvalue weighted by molar-refractivity contribution is -0.130. The number of benzene rings is 1. The number of hydrogen-bond acceptors (Lipinski definition) is 4. The van der Waals surface area contributed by atoms with Crippen molar-refractivity contribution in [3.63, 3.8) is 0 Å². The zero-order valence-corrected chi connectivity index (χ0v) is 13.7. The molecule has 3 amide bonds. The molecule has 0 saturated carbocycles. The summed E-state index contributed by atoms with van der Waals surface area (Å²) in [6, 6.07) is 6.58. The molecular weight excluding hydrogens is 310 g/mol. The van der Waals surface area contributed by atoms with Crippen LogP contribution in [0.4, 0.5) is 10.5 Å². The first-order valence-electron chi connectivity index (χ1n) is 7.48. The predicted molar refractivity (Wildman–Crippen MR) is 89.9 cm³/mol. The highest BCUT2D eigenvalue weighted by Crippen LogP contribution is 2.17. The molecule has 0 unspecified atom stereocenters. The second-order valence-corrected chi connectivity index (χ2v) is 5.29. The van der Waals surface area contributed by atoms with Crippen molar-refractivity contribution in [1.82, 2.24) is 19.8 Å². The summed E-state index contributed by atoms with van der Waals surface area (Å²) in [6.07, 6.45) is 5.21. The van der Waals surface area contributed by atoms with Gasteiger partial charge in [-0.3, -0.25) is 4.79 Å². The molecule has 2 aromatic rings. The Morgan fingerprint density at radius 3 is 2.88 bits per heavy atom. The molecule has 0 aliphatic rings. The smallest absolute Gasteiger partial charge is 0.319 e. The third-order valence-electron chi connectivity index (χ3n) is 3.17. The summed E-state index contributed by atoms with van der Waals surface area (Å²) >= 11 is 0. The van der Waals surface area contributed by atoms with E-state index < -0.39 is 0 Å². The Bertz CT molecular complexity index is 670. The Morgan fingerprint density at radius 1 is 1.33 bits per heavy atom. The Hall–Kier alpha value is -3.03. The number of urea groups is 1. The molecular formula is C16H21N5O3. The van der Waals surface area contributed by atoms with Gasteiger partial charge >= 0.3 is 6.03 Å². The van der Waals surface area contributed by atoms with Gasteiger partial charge in [-0.15, -0.1) is 0 Å². The molecule has 0 aliphatic carbocycles. The van der Waals surface area contributed by atoms with Crippen molar-refractivity contribution in [2.75, 3.05) is 32.6 Å². The fraction of sp³-hybridized carbons (Fsp3) is 0.312. The van der Waals surface area contributed by atoms with Crippen LogP contribution in [0.15, 0.2) is 43.0 Å². The van der Waals surface area contributed by atoms with Gasteiger partial charge in [0, 0.05) is 51.3 Å². The van der Waals surface area contributed by atoms with E-state index in [1.165, 1.54) is 4.90 Å². The highest BCUT2D eigenvalue weighted by Gasteiger charge is 2.06. The highest BCUT2D eigenvalue weighted by molar-refractivity contribution is 5.89. The predicted octanol–water partition coefficient (Wildman–Crippen LogP) is 1.17. The summed E-state index contributed by atoms with van der Waals surface area (Å²) in [4.78, 5) is 28.8. The van der Waals surface area contributed by atoms with E-state index in [1.807, 2.05) is 10.8 Å². The average Bonchev–Trinajstić information content (AvgIpc) is 3.06. The number of aromatic nitrogens is 2. The number of ether oxygens (including phenoxy) is 1. The van der Waals surface area contributed by atoms with E-state index >= 15 is 0 Å². The van der Waals surface area contributed by atoms with Crippen LogP contribution >= 0.6 is 0 Å². The van der Waals surface area contributed by atoms with E-state index in [4.69, 9.17) is 4.74 Å². The van der Waals surface area contributed by atoms with Crippen molar-refractivity contribution >= 4 is 17.6 Å². The number of anilines is 1. The van der Waals surface area contributed by atoms with Crippen molar-refractivity contribution in [2.45, 2.75) is 6.54 Å². The van der Waals surface area contributed by atoms with Crippen molar-refractivity contribution in [1.29, 1.82) is 0 Å². The number of carbonyl (C=O) groups is 2. The molecule has 1 aromatic heterocycles. The van der Waals surface area contributed by atoms with E-state index in [1.54, 1.807) is 50.9 Å². The first-order chi connectivity index (χ1) is 11.5. The minimum Gasteiger partial charge on any atom is -0.484 e. The van der Waals surface area contributed by atoms with Crippen LogP contribution in [0.2, 0.25) is 0 Å². The van der Waals surface area contributed by atoms with Crippen LogP contribution < -0.4 is 15.4 Å². The van der Waals surface area contributed by atoms with Crippen molar-refractivity contribution in [3.05, 3.63) is 43.0 Å². The molecule has 8 nitrogen and oxygen atoms in total. The monoisotopic (exact) mass is 331 g/mol. The van der Waals surface area contributed by atoms with Gasteiger partial charge in [-0.25, -0.2) is 9.78 Å². The van der Waals surface area contributed by atoms with E-state index in [0.29, 0.717) is 24.5 Å². The lowest BCUT2D eigenvalue weighted by Crippen LogP contribution is -2.31. The SMILES string of the molecule is CN(C)C(=O)COc1cccc(NC(=O)NCCn2ccnc2)c1. The highest BCUT2D eigenvalue weighted by atomic mass is 16.5. The van der Waals surface area contributed by atoms with Crippen molar-refractivity contribution in [2.24, 2.45) is 0 Å². The molecule has 0 atom stereocenters. The van der Waals surface area contributed by atoms with Gasteiger partial charge < -0.3 is 24.8 Å². The number of nitrogens with one attached hydrogen (secondary N) is 2. The molecule has 24 heavy (non-hydrogen) atoms. The summed E-state index contributed by atoms with van der Waals surface area (Å²) in [7, 11) is 3.33.